The number of halogens is 1. The van der Waals surface area contributed by atoms with Gasteiger partial charge in [0.25, 0.3) is 0 Å². The van der Waals surface area contributed by atoms with Crippen molar-refractivity contribution in [2.24, 2.45) is 5.92 Å². The van der Waals surface area contributed by atoms with Gasteiger partial charge in [-0.15, -0.1) is 0 Å². The first-order chi connectivity index (χ1) is 10.1. The van der Waals surface area contributed by atoms with Crippen molar-refractivity contribution < 1.29 is 9.90 Å². The third kappa shape index (κ3) is 3.52. The normalized spacial score (nSPS) is 20.3. The minimum Gasteiger partial charge on any atom is -0.481 e. The second-order valence-corrected chi connectivity index (χ2v) is 6.71. The van der Waals surface area contributed by atoms with Gasteiger partial charge in [0.15, 0.2) is 0 Å². The van der Waals surface area contributed by atoms with Gasteiger partial charge < -0.3 is 10.0 Å². The first kappa shape index (κ1) is 14.7. The van der Waals surface area contributed by atoms with Crippen molar-refractivity contribution >= 4 is 23.3 Å². The number of rotatable bonds is 5. The van der Waals surface area contributed by atoms with Gasteiger partial charge in [0, 0.05) is 13.1 Å². The third-order valence-corrected chi connectivity index (χ3v) is 4.98. The monoisotopic (exact) mass is 307 g/mol. The van der Waals surface area contributed by atoms with Crippen LogP contribution >= 0.6 is 11.6 Å². The van der Waals surface area contributed by atoms with Crippen LogP contribution in [0.1, 0.15) is 50.0 Å². The van der Waals surface area contributed by atoms with Gasteiger partial charge in [0.1, 0.15) is 0 Å². The second kappa shape index (κ2) is 6.27. The minimum atomic E-state index is -0.719. The van der Waals surface area contributed by atoms with Gasteiger partial charge in [-0.05, 0) is 61.6 Å². The van der Waals surface area contributed by atoms with E-state index >= 15 is 0 Å². The molecule has 1 aliphatic carbocycles. The summed E-state index contributed by atoms with van der Waals surface area (Å²) in [6, 6.07) is 6.17. The molecule has 3 nitrogen and oxygen atoms in total. The van der Waals surface area contributed by atoms with E-state index < -0.39 is 5.97 Å². The molecular weight excluding hydrogens is 286 g/mol. The number of nitrogens with zero attached hydrogens (tertiary/aromatic N) is 1. The molecule has 0 amide bonds. The van der Waals surface area contributed by atoms with Crippen LogP contribution in [0.4, 0.5) is 5.69 Å². The predicted molar refractivity (Wildman–Crippen MR) is 85.2 cm³/mol. The smallest absolute Gasteiger partial charge is 0.303 e. The number of piperidine rings is 1. The van der Waals surface area contributed by atoms with E-state index in [0.29, 0.717) is 5.92 Å². The van der Waals surface area contributed by atoms with E-state index in [2.05, 4.69) is 17.0 Å². The highest BCUT2D eigenvalue weighted by molar-refractivity contribution is 6.33. The highest BCUT2D eigenvalue weighted by Crippen LogP contribution is 2.45. The first-order valence-corrected chi connectivity index (χ1v) is 8.29. The maximum atomic E-state index is 11.1. The van der Waals surface area contributed by atoms with Gasteiger partial charge in [-0.2, -0.15) is 0 Å². The molecule has 2 fully saturated rings. The maximum absolute atomic E-state index is 11.1. The fourth-order valence-electron chi connectivity index (χ4n) is 3.39. The molecule has 0 bridgehead atoms. The van der Waals surface area contributed by atoms with Gasteiger partial charge in [0.2, 0.25) is 0 Å². The summed E-state index contributed by atoms with van der Waals surface area (Å²) in [5.74, 6) is -0.0726. The van der Waals surface area contributed by atoms with Crippen molar-refractivity contribution in [2.75, 3.05) is 18.0 Å². The van der Waals surface area contributed by atoms with Crippen LogP contribution in [-0.4, -0.2) is 24.2 Å². The molecule has 1 aromatic carbocycles. The number of hydrogen-bond acceptors (Lipinski definition) is 2. The van der Waals surface area contributed by atoms with E-state index in [4.69, 9.17) is 16.7 Å². The van der Waals surface area contributed by atoms with E-state index in [1.54, 1.807) is 0 Å². The summed E-state index contributed by atoms with van der Waals surface area (Å²) in [4.78, 5) is 13.4. The van der Waals surface area contributed by atoms with Crippen LogP contribution < -0.4 is 4.90 Å². The first-order valence-electron chi connectivity index (χ1n) is 7.91. The predicted octanol–water partition coefficient (Wildman–Crippen LogP) is 4.30. The molecule has 0 radical (unpaired) electrons. The molecule has 1 saturated carbocycles. The van der Waals surface area contributed by atoms with E-state index in [9.17, 15) is 4.79 Å². The minimum absolute atomic E-state index is 0.121. The Kier molecular flexibility index (Phi) is 4.39. The van der Waals surface area contributed by atoms with Crippen molar-refractivity contribution in [2.45, 2.75) is 44.4 Å². The molecule has 1 atom stereocenters. The molecule has 114 valence electrons. The molecule has 21 heavy (non-hydrogen) atoms. The number of carbonyl (C=O) groups is 1. The Morgan fingerprint density at radius 2 is 2.00 bits per heavy atom. The Bertz CT molecular complexity index is 522. The number of benzene rings is 1. The molecule has 0 aromatic heterocycles. The van der Waals surface area contributed by atoms with Crippen molar-refractivity contribution in [1.29, 1.82) is 0 Å². The lowest BCUT2D eigenvalue weighted by molar-refractivity contribution is -0.137. The molecule has 1 aromatic rings. The summed E-state index contributed by atoms with van der Waals surface area (Å²) in [7, 11) is 0. The molecule has 1 N–H and O–H groups in total. The highest BCUT2D eigenvalue weighted by atomic mass is 35.5. The zero-order valence-corrected chi connectivity index (χ0v) is 13.0. The highest BCUT2D eigenvalue weighted by Gasteiger charge is 2.34. The fraction of sp³-hybridized carbons (Fsp3) is 0.588. The van der Waals surface area contributed by atoms with Crippen LogP contribution in [0.25, 0.3) is 0 Å². The quantitative estimate of drug-likeness (QED) is 0.881. The van der Waals surface area contributed by atoms with Gasteiger partial charge >= 0.3 is 5.97 Å². The molecular formula is C17H22ClNO2. The SMILES string of the molecule is O=C(O)CC(c1ccc(N2CCCCC2)c(Cl)c1)C1CC1. The van der Waals surface area contributed by atoms with Gasteiger partial charge in [-0.1, -0.05) is 17.7 Å². The number of aliphatic carboxylic acids is 1. The lowest BCUT2D eigenvalue weighted by Crippen LogP contribution is -2.29. The van der Waals surface area contributed by atoms with Crippen molar-refractivity contribution in [1.82, 2.24) is 0 Å². The van der Waals surface area contributed by atoms with Crippen LogP contribution in [0.2, 0.25) is 5.02 Å². The fourth-order valence-corrected chi connectivity index (χ4v) is 3.70. The Morgan fingerprint density at radius 1 is 1.29 bits per heavy atom. The summed E-state index contributed by atoms with van der Waals surface area (Å²) in [5.41, 5.74) is 2.19. The number of carboxylic acids is 1. The molecule has 1 unspecified atom stereocenters. The van der Waals surface area contributed by atoms with E-state index in [-0.39, 0.29) is 12.3 Å². The van der Waals surface area contributed by atoms with Crippen LogP contribution in [0, 0.1) is 5.92 Å². The van der Waals surface area contributed by atoms with E-state index in [0.717, 1.165) is 42.2 Å². The summed E-state index contributed by atoms with van der Waals surface area (Å²) in [6.07, 6.45) is 6.25. The zero-order valence-electron chi connectivity index (χ0n) is 12.2. The van der Waals surface area contributed by atoms with Crippen molar-refractivity contribution in [3.63, 3.8) is 0 Å². The average molecular weight is 308 g/mol. The number of anilines is 1. The van der Waals surface area contributed by atoms with Gasteiger partial charge in [0.05, 0.1) is 17.1 Å². The average Bonchev–Trinajstić information content (AvgIpc) is 3.30. The summed E-state index contributed by atoms with van der Waals surface area (Å²) in [5, 5.41) is 9.88. The Morgan fingerprint density at radius 3 is 2.57 bits per heavy atom. The lowest BCUT2D eigenvalue weighted by atomic mass is 9.91. The molecule has 0 spiro atoms. The van der Waals surface area contributed by atoms with Crippen LogP contribution in [0.15, 0.2) is 18.2 Å². The van der Waals surface area contributed by atoms with Gasteiger partial charge in [-0.3, -0.25) is 4.79 Å². The molecule has 2 aliphatic rings. The summed E-state index contributed by atoms with van der Waals surface area (Å²) < 4.78 is 0. The summed E-state index contributed by atoms with van der Waals surface area (Å²) in [6.45, 7) is 2.14. The van der Waals surface area contributed by atoms with Crippen LogP contribution in [-0.2, 0) is 4.79 Å². The van der Waals surface area contributed by atoms with Crippen molar-refractivity contribution in [3.05, 3.63) is 28.8 Å². The molecule has 1 aliphatic heterocycles. The standard InChI is InChI=1S/C17H22ClNO2/c18-15-10-13(14(11-17(20)21)12-4-5-12)6-7-16(15)19-8-2-1-3-9-19/h6-7,10,12,14H,1-5,8-9,11H2,(H,20,21). The Labute approximate surface area is 130 Å². The zero-order chi connectivity index (χ0) is 14.8. The number of carboxylic acid groups (broad SMARTS) is 1. The molecule has 4 heteroatoms. The molecule has 1 heterocycles. The third-order valence-electron chi connectivity index (χ3n) is 4.68. The van der Waals surface area contributed by atoms with E-state index in [1.165, 1.54) is 19.3 Å². The summed E-state index contributed by atoms with van der Waals surface area (Å²) >= 11 is 6.48. The lowest BCUT2D eigenvalue weighted by Gasteiger charge is -2.30. The van der Waals surface area contributed by atoms with Crippen molar-refractivity contribution in [3.8, 4) is 0 Å². The second-order valence-electron chi connectivity index (χ2n) is 6.30. The molecule has 1 saturated heterocycles. The Balaban J connectivity index is 1.80. The van der Waals surface area contributed by atoms with E-state index in [1.807, 2.05) is 6.07 Å². The van der Waals surface area contributed by atoms with Gasteiger partial charge in [-0.25, -0.2) is 0 Å². The van der Waals surface area contributed by atoms with Crippen LogP contribution in [0.3, 0.4) is 0 Å². The topological polar surface area (TPSA) is 40.5 Å². The van der Waals surface area contributed by atoms with Crippen LogP contribution in [0.5, 0.6) is 0 Å². The maximum Gasteiger partial charge on any atom is 0.303 e. The largest absolute Gasteiger partial charge is 0.481 e. The Hall–Kier alpha value is -1.22. The number of hydrogen-bond donors (Lipinski definition) is 1. The molecule has 3 rings (SSSR count).